The summed E-state index contributed by atoms with van der Waals surface area (Å²) in [4.78, 5) is 28.1. The normalized spacial score (nSPS) is 10.7. The lowest BCUT2D eigenvalue weighted by Gasteiger charge is -2.17. The van der Waals surface area contributed by atoms with Crippen LogP contribution >= 0.6 is 34.5 Å². The Balaban J connectivity index is 2.03. The second-order valence-electron chi connectivity index (χ2n) is 6.86. The number of anilines is 1. The first-order valence-corrected chi connectivity index (χ1v) is 11.4. The van der Waals surface area contributed by atoms with E-state index in [1.54, 1.807) is 36.9 Å². The number of amides is 2. The van der Waals surface area contributed by atoms with E-state index in [-0.39, 0.29) is 33.5 Å². The van der Waals surface area contributed by atoms with Crippen molar-refractivity contribution < 1.29 is 14.1 Å². The lowest BCUT2D eigenvalue weighted by molar-refractivity contribution is 0.0777. The number of hydrogen-bond donors (Lipinski definition) is 1. The summed E-state index contributed by atoms with van der Waals surface area (Å²) in [5, 5.41) is 17.3. The van der Waals surface area contributed by atoms with Gasteiger partial charge in [0.15, 0.2) is 0 Å². The van der Waals surface area contributed by atoms with Crippen LogP contribution < -0.4 is 5.32 Å². The van der Waals surface area contributed by atoms with Crippen LogP contribution in [0, 0.1) is 25.2 Å². The predicted molar refractivity (Wildman–Crippen MR) is 126 cm³/mol. The molecule has 166 valence electrons. The van der Waals surface area contributed by atoms with Gasteiger partial charge in [0.05, 0.1) is 20.5 Å². The molecule has 0 fully saturated rings. The first kappa shape index (κ1) is 23.8. The summed E-state index contributed by atoms with van der Waals surface area (Å²) in [6.45, 7) is 8.14. The van der Waals surface area contributed by atoms with Gasteiger partial charge < -0.3 is 14.7 Å². The lowest BCUT2D eigenvalue weighted by atomic mass is 10.1. The fourth-order valence-corrected chi connectivity index (χ4v) is 4.99. The van der Waals surface area contributed by atoms with Crippen LogP contribution in [0.5, 0.6) is 0 Å². The van der Waals surface area contributed by atoms with Crippen molar-refractivity contribution in [1.82, 2.24) is 10.1 Å². The van der Waals surface area contributed by atoms with Crippen molar-refractivity contribution in [3.63, 3.8) is 0 Å². The molecule has 2 aromatic heterocycles. The van der Waals surface area contributed by atoms with Gasteiger partial charge in [0, 0.05) is 18.7 Å². The zero-order valence-corrected chi connectivity index (χ0v) is 20.2. The summed E-state index contributed by atoms with van der Waals surface area (Å²) in [5.74, 6) is -0.465. The minimum atomic E-state index is -0.547. The summed E-state index contributed by atoms with van der Waals surface area (Å²) in [7, 11) is 0. The summed E-state index contributed by atoms with van der Waals surface area (Å²) in [6, 6.07) is 7.04. The molecule has 0 saturated carbocycles. The number of benzene rings is 1. The van der Waals surface area contributed by atoms with Gasteiger partial charge in [-0.25, -0.2) is 0 Å². The van der Waals surface area contributed by atoms with Crippen molar-refractivity contribution in [3.8, 4) is 17.3 Å². The molecule has 7 nitrogen and oxygen atoms in total. The number of nitrogens with one attached hydrogen (secondary N) is 1. The summed E-state index contributed by atoms with van der Waals surface area (Å²) in [6.07, 6.45) is 0. The highest BCUT2D eigenvalue weighted by Gasteiger charge is 2.28. The van der Waals surface area contributed by atoms with E-state index in [0.717, 1.165) is 11.3 Å². The molecule has 0 atom stereocenters. The van der Waals surface area contributed by atoms with Crippen LogP contribution in [0.1, 0.15) is 50.8 Å². The van der Waals surface area contributed by atoms with Gasteiger partial charge in [0.1, 0.15) is 28.1 Å². The van der Waals surface area contributed by atoms with Crippen molar-refractivity contribution in [3.05, 3.63) is 55.6 Å². The van der Waals surface area contributed by atoms with E-state index in [2.05, 4.69) is 16.5 Å². The Bertz CT molecular complexity index is 1220. The summed E-state index contributed by atoms with van der Waals surface area (Å²) in [5.41, 5.74) is 1.48. The fraction of sp³-hybridized carbons (Fsp3) is 0.273. The van der Waals surface area contributed by atoms with Crippen LogP contribution in [0.25, 0.3) is 11.3 Å². The van der Waals surface area contributed by atoms with Gasteiger partial charge in [0.25, 0.3) is 11.8 Å². The van der Waals surface area contributed by atoms with E-state index in [0.29, 0.717) is 39.1 Å². The Hall–Kier alpha value is -2.86. The molecule has 2 heterocycles. The van der Waals surface area contributed by atoms with E-state index in [1.807, 2.05) is 13.8 Å². The smallest absolute Gasteiger partial charge is 0.264 e. The number of carbonyl (C=O) groups excluding carboxylic acids is 2. The van der Waals surface area contributed by atoms with Crippen molar-refractivity contribution in [1.29, 1.82) is 5.26 Å². The number of nitriles is 1. The van der Waals surface area contributed by atoms with Gasteiger partial charge in [-0.1, -0.05) is 34.4 Å². The first-order chi connectivity index (χ1) is 15.2. The minimum Gasteiger partial charge on any atom is -0.360 e. The molecule has 32 heavy (non-hydrogen) atoms. The van der Waals surface area contributed by atoms with E-state index < -0.39 is 5.91 Å². The standard InChI is InChI=1S/C22H20Cl2N4O3S/c1-5-28(6-2)22(30)19-11(3)13(10-25)21(32-19)26-20(29)16-12(4)31-27-18(16)17-14(23)8-7-9-15(17)24/h7-9H,5-6H2,1-4H3,(H,26,29). The van der Waals surface area contributed by atoms with Gasteiger partial charge in [0.2, 0.25) is 0 Å². The monoisotopic (exact) mass is 490 g/mol. The number of halogens is 2. The largest absolute Gasteiger partial charge is 0.360 e. The highest BCUT2D eigenvalue weighted by Crippen LogP contribution is 2.38. The Morgan fingerprint density at radius 1 is 1.22 bits per heavy atom. The Morgan fingerprint density at radius 3 is 2.41 bits per heavy atom. The highest BCUT2D eigenvalue weighted by atomic mass is 35.5. The van der Waals surface area contributed by atoms with Crippen molar-refractivity contribution >= 4 is 51.4 Å². The maximum Gasteiger partial charge on any atom is 0.264 e. The number of rotatable bonds is 6. The SMILES string of the molecule is CCN(CC)C(=O)c1sc(NC(=O)c2c(-c3c(Cl)cccc3Cl)noc2C)c(C#N)c1C. The highest BCUT2D eigenvalue weighted by molar-refractivity contribution is 7.18. The summed E-state index contributed by atoms with van der Waals surface area (Å²) >= 11 is 13.7. The molecule has 0 aliphatic carbocycles. The Labute approximate surface area is 199 Å². The van der Waals surface area contributed by atoms with Crippen molar-refractivity contribution in [2.45, 2.75) is 27.7 Å². The fourth-order valence-electron chi connectivity index (χ4n) is 3.29. The molecule has 2 amide bonds. The van der Waals surface area contributed by atoms with Crippen molar-refractivity contribution in [2.75, 3.05) is 18.4 Å². The number of aryl methyl sites for hydroxylation is 1. The second kappa shape index (κ2) is 9.74. The van der Waals surface area contributed by atoms with E-state index in [9.17, 15) is 14.9 Å². The van der Waals surface area contributed by atoms with E-state index >= 15 is 0 Å². The molecule has 0 aliphatic heterocycles. The molecule has 10 heteroatoms. The molecule has 0 saturated heterocycles. The van der Waals surface area contributed by atoms with Gasteiger partial charge in [-0.15, -0.1) is 11.3 Å². The topological polar surface area (TPSA) is 99.2 Å². The number of aromatic nitrogens is 1. The van der Waals surface area contributed by atoms with Crippen LogP contribution in [-0.2, 0) is 0 Å². The quantitative estimate of drug-likeness (QED) is 0.461. The molecule has 3 aromatic rings. The average molecular weight is 491 g/mol. The Kier molecular flexibility index (Phi) is 7.24. The predicted octanol–water partition coefficient (Wildman–Crippen LogP) is 5.93. The third-order valence-electron chi connectivity index (χ3n) is 5.02. The maximum atomic E-state index is 13.2. The zero-order chi connectivity index (χ0) is 23.6. The lowest BCUT2D eigenvalue weighted by Crippen LogP contribution is -2.30. The second-order valence-corrected chi connectivity index (χ2v) is 8.70. The molecule has 1 aromatic carbocycles. The van der Waals surface area contributed by atoms with Crippen LogP contribution in [0.4, 0.5) is 5.00 Å². The van der Waals surface area contributed by atoms with Gasteiger partial charge in [-0.2, -0.15) is 5.26 Å². The molecule has 0 bridgehead atoms. The van der Waals surface area contributed by atoms with Crippen LogP contribution in [0.2, 0.25) is 10.0 Å². The Morgan fingerprint density at radius 2 is 1.84 bits per heavy atom. The van der Waals surface area contributed by atoms with Crippen molar-refractivity contribution in [2.24, 2.45) is 0 Å². The van der Waals surface area contributed by atoms with Crippen LogP contribution in [-0.4, -0.2) is 35.0 Å². The number of hydrogen-bond acceptors (Lipinski definition) is 6. The third-order valence-corrected chi connectivity index (χ3v) is 6.85. The molecule has 1 N–H and O–H groups in total. The maximum absolute atomic E-state index is 13.2. The van der Waals surface area contributed by atoms with E-state index in [4.69, 9.17) is 27.7 Å². The number of carbonyl (C=O) groups is 2. The number of thiophene rings is 1. The average Bonchev–Trinajstić information content (AvgIpc) is 3.28. The van der Waals surface area contributed by atoms with Gasteiger partial charge >= 0.3 is 0 Å². The van der Waals surface area contributed by atoms with E-state index in [1.165, 1.54) is 0 Å². The first-order valence-electron chi connectivity index (χ1n) is 9.79. The molecule has 0 spiro atoms. The minimum absolute atomic E-state index is 0.145. The van der Waals surface area contributed by atoms with Gasteiger partial charge in [-0.3, -0.25) is 9.59 Å². The number of nitrogens with zero attached hydrogens (tertiary/aromatic N) is 3. The molecule has 3 rings (SSSR count). The summed E-state index contributed by atoms with van der Waals surface area (Å²) < 4.78 is 5.25. The zero-order valence-electron chi connectivity index (χ0n) is 17.9. The van der Waals surface area contributed by atoms with Gasteiger partial charge in [-0.05, 0) is 45.4 Å². The molecular weight excluding hydrogens is 471 g/mol. The molecule has 0 aliphatic rings. The van der Waals surface area contributed by atoms with Crippen LogP contribution in [0.15, 0.2) is 22.7 Å². The molecular formula is C22H20Cl2N4O3S. The van der Waals surface area contributed by atoms with Crippen LogP contribution in [0.3, 0.4) is 0 Å². The molecule has 0 unspecified atom stereocenters. The third kappa shape index (κ3) is 4.24. The molecule has 0 radical (unpaired) electrons.